The first kappa shape index (κ1) is 15.2. The topological polar surface area (TPSA) is 20.2 Å². The maximum Gasteiger partial charge on any atom is 0.419 e. The van der Waals surface area contributed by atoms with Crippen molar-refractivity contribution in [3.63, 3.8) is 0 Å². The largest absolute Gasteiger partial charge is 0.507 e. The molecule has 0 amide bonds. The fourth-order valence-corrected chi connectivity index (χ4v) is 1.91. The highest BCUT2D eigenvalue weighted by molar-refractivity contribution is 5.70. The zero-order chi connectivity index (χ0) is 15.8. The van der Waals surface area contributed by atoms with Gasteiger partial charge in [0.15, 0.2) is 0 Å². The smallest absolute Gasteiger partial charge is 0.419 e. The molecule has 0 aliphatic rings. The van der Waals surface area contributed by atoms with E-state index in [0.29, 0.717) is 6.07 Å². The van der Waals surface area contributed by atoms with Crippen molar-refractivity contribution in [1.82, 2.24) is 0 Å². The Bertz CT molecular complexity index is 657. The van der Waals surface area contributed by atoms with Crippen molar-refractivity contribution >= 4 is 0 Å². The average Bonchev–Trinajstić information content (AvgIpc) is 2.37. The van der Waals surface area contributed by atoms with Crippen LogP contribution in [0.3, 0.4) is 0 Å². The number of phenolic OH excluding ortho intramolecular Hbond substituents is 1. The molecule has 21 heavy (non-hydrogen) atoms. The van der Waals surface area contributed by atoms with Gasteiger partial charge in [0.05, 0.1) is 11.1 Å². The standard InChI is InChI=1S/C14H8F6O/c15-13(16,17)10-4-2-1-3-9(10)8-5-6-12(21)11(7-8)14(18,19)20/h1-7,21H. The predicted molar refractivity (Wildman–Crippen MR) is 63.5 cm³/mol. The van der Waals surface area contributed by atoms with Crippen molar-refractivity contribution in [1.29, 1.82) is 0 Å². The molecule has 1 N–H and O–H groups in total. The first-order valence-corrected chi connectivity index (χ1v) is 5.67. The van der Waals surface area contributed by atoms with Crippen molar-refractivity contribution in [3.05, 3.63) is 53.6 Å². The molecule has 0 spiro atoms. The number of aromatic hydroxyl groups is 1. The van der Waals surface area contributed by atoms with Gasteiger partial charge in [-0.3, -0.25) is 0 Å². The molecular formula is C14H8F6O. The lowest BCUT2D eigenvalue weighted by atomic mass is 9.97. The number of benzene rings is 2. The van der Waals surface area contributed by atoms with Crippen LogP contribution in [0.4, 0.5) is 26.3 Å². The summed E-state index contributed by atoms with van der Waals surface area (Å²) in [6.45, 7) is 0. The van der Waals surface area contributed by atoms with Gasteiger partial charge < -0.3 is 5.11 Å². The normalized spacial score (nSPS) is 12.5. The molecule has 0 aliphatic heterocycles. The van der Waals surface area contributed by atoms with E-state index in [0.717, 1.165) is 30.3 Å². The number of rotatable bonds is 1. The van der Waals surface area contributed by atoms with Gasteiger partial charge in [0, 0.05) is 0 Å². The molecule has 2 rings (SSSR count). The molecule has 7 heteroatoms. The lowest BCUT2D eigenvalue weighted by Crippen LogP contribution is -2.08. The third-order valence-electron chi connectivity index (χ3n) is 2.85. The molecule has 0 fully saturated rings. The van der Waals surface area contributed by atoms with Crippen molar-refractivity contribution < 1.29 is 31.4 Å². The first-order valence-electron chi connectivity index (χ1n) is 5.67. The van der Waals surface area contributed by atoms with Gasteiger partial charge in [-0.05, 0) is 29.3 Å². The van der Waals surface area contributed by atoms with E-state index >= 15 is 0 Å². The zero-order valence-corrected chi connectivity index (χ0v) is 10.3. The van der Waals surface area contributed by atoms with Gasteiger partial charge in [0.2, 0.25) is 0 Å². The van der Waals surface area contributed by atoms with Gasteiger partial charge in [-0.15, -0.1) is 0 Å². The molecule has 0 bridgehead atoms. The maximum absolute atomic E-state index is 12.9. The summed E-state index contributed by atoms with van der Waals surface area (Å²) in [7, 11) is 0. The Hall–Kier alpha value is -2.18. The van der Waals surface area contributed by atoms with Crippen LogP contribution in [0.2, 0.25) is 0 Å². The molecule has 0 saturated carbocycles. The van der Waals surface area contributed by atoms with Crippen LogP contribution in [-0.2, 0) is 12.4 Å². The van der Waals surface area contributed by atoms with E-state index in [1.54, 1.807) is 0 Å². The second-order valence-corrected chi connectivity index (χ2v) is 4.27. The van der Waals surface area contributed by atoms with Gasteiger partial charge in [-0.1, -0.05) is 24.3 Å². The highest BCUT2D eigenvalue weighted by atomic mass is 19.4. The second-order valence-electron chi connectivity index (χ2n) is 4.27. The maximum atomic E-state index is 12.9. The fourth-order valence-electron chi connectivity index (χ4n) is 1.91. The minimum Gasteiger partial charge on any atom is -0.507 e. The third-order valence-corrected chi connectivity index (χ3v) is 2.85. The minimum atomic E-state index is -4.85. The fraction of sp³-hybridized carbons (Fsp3) is 0.143. The van der Waals surface area contributed by atoms with E-state index in [4.69, 9.17) is 0 Å². The Balaban J connectivity index is 2.64. The van der Waals surface area contributed by atoms with Crippen molar-refractivity contribution in [3.8, 4) is 16.9 Å². The lowest BCUT2D eigenvalue weighted by molar-refractivity contribution is -0.138. The van der Waals surface area contributed by atoms with E-state index < -0.39 is 29.2 Å². The molecule has 0 aliphatic carbocycles. The Morgan fingerprint density at radius 2 is 1.29 bits per heavy atom. The van der Waals surface area contributed by atoms with Gasteiger partial charge >= 0.3 is 12.4 Å². The summed E-state index contributed by atoms with van der Waals surface area (Å²) in [4.78, 5) is 0. The van der Waals surface area contributed by atoms with Crippen LogP contribution in [-0.4, -0.2) is 5.11 Å². The molecule has 0 heterocycles. The molecule has 0 saturated heterocycles. The molecule has 0 aromatic heterocycles. The van der Waals surface area contributed by atoms with Crippen LogP contribution in [0.5, 0.6) is 5.75 Å². The number of hydrogen-bond acceptors (Lipinski definition) is 1. The first-order chi connectivity index (χ1) is 9.60. The van der Waals surface area contributed by atoms with Crippen molar-refractivity contribution in [2.24, 2.45) is 0 Å². The molecule has 0 radical (unpaired) electrons. The van der Waals surface area contributed by atoms with Gasteiger partial charge in [0.25, 0.3) is 0 Å². The van der Waals surface area contributed by atoms with E-state index in [1.807, 2.05) is 0 Å². The average molecular weight is 306 g/mol. The van der Waals surface area contributed by atoms with Gasteiger partial charge in [0.1, 0.15) is 5.75 Å². The van der Waals surface area contributed by atoms with Gasteiger partial charge in [-0.25, -0.2) is 0 Å². The summed E-state index contributed by atoms with van der Waals surface area (Å²) >= 11 is 0. The summed E-state index contributed by atoms with van der Waals surface area (Å²) in [6.07, 6.45) is -9.54. The zero-order valence-electron chi connectivity index (χ0n) is 10.3. The van der Waals surface area contributed by atoms with Crippen LogP contribution in [0.25, 0.3) is 11.1 Å². The Kier molecular flexibility index (Phi) is 3.61. The quantitative estimate of drug-likeness (QED) is 0.727. The number of alkyl halides is 6. The highest BCUT2D eigenvalue weighted by Gasteiger charge is 2.36. The Morgan fingerprint density at radius 1 is 0.714 bits per heavy atom. The summed E-state index contributed by atoms with van der Waals surface area (Å²) in [6, 6.07) is 6.55. The van der Waals surface area contributed by atoms with Crippen LogP contribution < -0.4 is 0 Å². The Labute approximate surface area is 115 Å². The molecule has 0 atom stereocenters. The van der Waals surface area contributed by atoms with E-state index in [2.05, 4.69) is 0 Å². The van der Waals surface area contributed by atoms with E-state index in [-0.39, 0.29) is 11.1 Å². The van der Waals surface area contributed by atoms with Crippen LogP contribution in [0.15, 0.2) is 42.5 Å². The number of phenols is 1. The monoisotopic (exact) mass is 306 g/mol. The van der Waals surface area contributed by atoms with Gasteiger partial charge in [-0.2, -0.15) is 26.3 Å². The third kappa shape index (κ3) is 3.12. The van der Waals surface area contributed by atoms with E-state index in [9.17, 15) is 31.4 Å². The highest BCUT2D eigenvalue weighted by Crippen LogP contribution is 2.41. The molecule has 2 aromatic rings. The van der Waals surface area contributed by atoms with Crippen molar-refractivity contribution in [2.75, 3.05) is 0 Å². The molecular weight excluding hydrogens is 298 g/mol. The molecule has 112 valence electrons. The molecule has 1 nitrogen and oxygen atoms in total. The van der Waals surface area contributed by atoms with E-state index in [1.165, 1.54) is 6.07 Å². The molecule has 0 unspecified atom stereocenters. The minimum absolute atomic E-state index is 0.270. The van der Waals surface area contributed by atoms with Crippen molar-refractivity contribution in [2.45, 2.75) is 12.4 Å². The lowest BCUT2D eigenvalue weighted by Gasteiger charge is -2.15. The molecule has 2 aromatic carbocycles. The summed E-state index contributed by atoms with van der Waals surface area (Å²) in [5.74, 6) is -1.03. The SMILES string of the molecule is Oc1ccc(-c2ccccc2C(F)(F)F)cc1C(F)(F)F. The number of hydrogen-bond donors (Lipinski definition) is 1. The van der Waals surface area contributed by atoms with Crippen LogP contribution in [0.1, 0.15) is 11.1 Å². The number of halogens is 6. The van der Waals surface area contributed by atoms with Crippen LogP contribution >= 0.6 is 0 Å². The summed E-state index contributed by atoms with van der Waals surface area (Å²) < 4.78 is 76.7. The predicted octanol–water partition coefficient (Wildman–Crippen LogP) is 5.10. The van der Waals surface area contributed by atoms with Crippen LogP contribution in [0, 0.1) is 0 Å². The summed E-state index contributed by atoms with van der Waals surface area (Å²) in [5.41, 5.74) is -3.07. The second kappa shape index (κ2) is 4.98. The Morgan fingerprint density at radius 3 is 1.86 bits per heavy atom. The summed E-state index contributed by atoms with van der Waals surface area (Å²) in [5, 5.41) is 9.20.